The van der Waals surface area contributed by atoms with Gasteiger partial charge in [-0.05, 0) is 106 Å². The quantitative estimate of drug-likeness (QED) is 0.0170. The molecule has 1 aromatic carbocycles. The molecule has 0 heterocycles. The molecule has 0 aliphatic rings. The molecule has 7 amide bonds. The predicted molar refractivity (Wildman–Crippen MR) is 196 cm³/mol. The van der Waals surface area contributed by atoms with Crippen LogP contribution in [0.25, 0.3) is 0 Å². The molecule has 0 radical (unpaired) electrons. The molecule has 0 atom stereocenters. The SMILES string of the molecule is CC(=O)N(O)CCCCCNC(=O)CCC(=O)N(O)CCCCCNC(=O)CCC(=O)N(O)CCCCCNC(=O)NSc1ccc(N=C=S)cc1. The molecule has 1 aromatic rings. The number of isothiocyanates is 1. The van der Waals surface area contributed by atoms with Crippen molar-refractivity contribution >= 4 is 70.6 Å². The van der Waals surface area contributed by atoms with Crippen molar-refractivity contribution in [1.82, 2.24) is 35.9 Å². The van der Waals surface area contributed by atoms with Gasteiger partial charge in [-0.15, -0.1) is 0 Å². The molecule has 0 aliphatic carbocycles. The Morgan fingerprint density at radius 2 is 1.10 bits per heavy atom. The highest BCUT2D eigenvalue weighted by Gasteiger charge is 2.14. The lowest BCUT2D eigenvalue weighted by atomic mass is 10.2. The lowest BCUT2D eigenvalue weighted by Crippen LogP contribution is -2.32. The molecule has 0 spiro atoms. The lowest BCUT2D eigenvalue weighted by molar-refractivity contribution is -0.166. The van der Waals surface area contributed by atoms with Crippen LogP contribution < -0.4 is 20.7 Å². The van der Waals surface area contributed by atoms with Crippen molar-refractivity contribution in [2.24, 2.45) is 4.99 Å². The average molecular weight is 769 g/mol. The molecule has 17 nitrogen and oxygen atoms in total. The normalized spacial score (nSPS) is 10.4. The molecular weight excluding hydrogens is 717 g/mol. The van der Waals surface area contributed by atoms with Crippen LogP contribution in [-0.2, 0) is 24.0 Å². The van der Waals surface area contributed by atoms with E-state index < -0.39 is 17.7 Å². The van der Waals surface area contributed by atoms with Crippen LogP contribution in [0.4, 0.5) is 10.5 Å². The third-order valence-electron chi connectivity index (χ3n) is 7.41. The first-order valence-corrected chi connectivity index (χ1v) is 18.5. The topological polar surface area (TPSA) is 233 Å². The van der Waals surface area contributed by atoms with Crippen LogP contribution in [0.5, 0.6) is 0 Å². The van der Waals surface area contributed by atoms with Gasteiger partial charge in [-0.1, -0.05) is 0 Å². The summed E-state index contributed by atoms with van der Waals surface area (Å²) in [5, 5.41) is 41.5. The van der Waals surface area contributed by atoms with Crippen molar-refractivity contribution in [2.75, 3.05) is 39.3 Å². The molecule has 0 aromatic heterocycles. The van der Waals surface area contributed by atoms with Gasteiger partial charge in [-0.3, -0.25) is 44.3 Å². The van der Waals surface area contributed by atoms with Crippen molar-refractivity contribution in [1.29, 1.82) is 0 Å². The number of hydrogen-bond acceptors (Lipinski definition) is 12. The highest BCUT2D eigenvalue weighted by Crippen LogP contribution is 2.19. The summed E-state index contributed by atoms with van der Waals surface area (Å²) in [6.07, 6.45) is 5.08. The molecule has 19 heteroatoms. The van der Waals surface area contributed by atoms with Gasteiger partial charge in [-0.25, -0.2) is 20.0 Å². The Morgan fingerprint density at radius 1 is 0.654 bits per heavy atom. The number of nitrogens with zero attached hydrogens (tertiary/aromatic N) is 4. The van der Waals surface area contributed by atoms with Gasteiger partial charge in [0.1, 0.15) is 0 Å². The number of carbonyl (C=O) groups excluding carboxylic acids is 6. The molecule has 52 heavy (non-hydrogen) atoms. The summed E-state index contributed by atoms with van der Waals surface area (Å²) in [5.41, 5.74) is 0.673. The van der Waals surface area contributed by atoms with Crippen LogP contribution in [0.1, 0.15) is 90.4 Å². The summed E-state index contributed by atoms with van der Waals surface area (Å²) >= 11 is 5.72. The standard InChI is InChI=1S/C33H52N8O9S2/c1-26(42)39(48)22-8-2-5-19-34-29(43)15-17-31(45)40(49)23-9-3-6-20-35-30(44)16-18-32(46)41(50)24-10-4-7-21-36-33(47)38-52-28-13-11-27(12-14-28)37-25-51/h11-14,48-50H,2-10,15-24H2,1H3,(H,34,43)(H,35,44)(H2,36,38,47). The molecule has 7 N–H and O–H groups in total. The van der Waals surface area contributed by atoms with Gasteiger partial charge in [0, 0.05) is 76.8 Å². The largest absolute Gasteiger partial charge is 0.356 e. The van der Waals surface area contributed by atoms with Crippen LogP contribution >= 0.6 is 24.2 Å². The Balaban J connectivity index is 2.00. The predicted octanol–water partition coefficient (Wildman–Crippen LogP) is 3.70. The summed E-state index contributed by atoms with van der Waals surface area (Å²) < 4.78 is 2.68. The van der Waals surface area contributed by atoms with Gasteiger partial charge < -0.3 is 16.0 Å². The van der Waals surface area contributed by atoms with Crippen molar-refractivity contribution in [3.05, 3.63) is 24.3 Å². The van der Waals surface area contributed by atoms with Crippen LogP contribution in [0.15, 0.2) is 34.2 Å². The summed E-state index contributed by atoms with van der Waals surface area (Å²) in [4.78, 5) is 75.8. The van der Waals surface area contributed by atoms with E-state index in [0.717, 1.165) is 16.8 Å². The first-order chi connectivity index (χ1) is 24.9. The number of carbonyl (C=O) groups is 6. The molecule has 0 bridgehead atoms. The summed E-state index contributed by atoms with van der Waals surface area (Å²) in [7, 11) is 0. The van der Waals surface area contributed by atoms with Gasteiger partial charge in [0.2, 0.25) is 29.5 Å². The van der Waals surface area contributed by atoms with Gasteiger partial charge in [0.15, 0.2) is 0 Å². The number of rotatable bonds is 27. The first-order valence-electron chi connectivity index (χ1n) is 17.3. The lowest BCUT2D eigenvalue weighted by Gasteiger charge is -2.15. The Hall–Kier alpha value is -4.13. The van der Waals surface area contributed by atoms with Gasteiger partial charge in [-0.2, -0.15) is 4.99 Å². The zero-order valence-corrected chi connectivity index (χ0v) is 31.3. The van der Waals surface area contributed by atoms with Crippen molar-refractivity contribution in [3.8, 4) is 0 Å². The third kappa shape index (κ3) is 23.4. The van der Waals surface area contributed by atoms with Crippen molar-refractivity contribution in [3.63, 3.8) is 0 Å². The molecule has 290 valence electrons. The van der Waals surface area contributed by atoms with Gasteiger partial charge >= 0.3 is 6.03 Å². The van der Waals surface area contributed by atoms with E-state index >= 15 is 0 Å². The van der Waals surface area contributed by atoms with Crippen LogP contribution in [0.3, 0.4) is 0 Å². The second kappa shape index (κ2) is 28.5. The molecule has 0 aliphatic heterocycles. The number of thiocarbonyl (C=S) groups is 1. The second-order valence-corrected chi connectivity index (χ2v) is 12.8. The Kier molecular flexibility index (Phi) is 25.1. The van der Waals surface area contributed by atoms with E-state index in [1.165, 1.54) is 6.92 Å². The second-order valence-electron chi connectivity index (χ2n) is 11.7. The fraction of sp³-hybridized carbons (Fsp3) is 0.606. The van der Waals surface area contributed by atoms with E-state index in [4.69, 9.17) is 0 Å². The maximum absolute atomic E-state index is 12.2. The van der Waals surface area contributed by atoms with E-state index in [2.05, 4.69) is 43.0 Å². The smallest absolute Gasteiger partial charge is 0.325 e. The average Bonchev–Trinajstić information content (AvgIpc) is 3.13. The zero-order valence-electron chi connectivity index (χ0n) is 29.6. The number of urea groups is 1. The van der Waals surface area contributed by atoms with Gasteiger partial charge in [0.05, 0.1) is 10.8 Å². The number of hydrogen-bond donors (Lipinski definition) is 7. The maximum atomic E-state index is 12.2. The summed E-state index contributed by atoms with van der Waals surface area (Å²) in [5.74, 6) is -2.19. The van der Waals surface area contributed by atoms with E-state index in [1.807, 2.05) is 0 Å². The number of nitrogens with one attached hydrogen (secondary N) is 4. The highest BCUT2D eigenvalue weighted by molar-refractivity contribution is 7.98. The number of unbranched alkanes of at least 4 members (excludes halogenated alkanes) is 6. The molecule has 0 unspecified atom stereocenters. The minimum Gasteiger partial charge on any atom is -0.356 e. The third-order valence-corrected chi connectivity index (χ3v) is 8.30. The van der Waals surface area contributed by atoms with Gasteiger partial charge in [0.25, 0.3) is 0 Å². The minimum absolute atomic E-state index is 0.0585. The minimum atomic E-state index is -0.566. The molecule has 1 rings (SSSR count). The molecular formula is C33H52N8O9S2. The van der Waals surface area contributed by atoms with Crippen LogP contribution in [0.2, 0.25) is 0 Å². The van der Waals surface area contributed by atoms with E-state index in [9.17, 15) is 44.4 Å². The zero-order chi connectivity index (χ0) is 38.6. The fourth-order valence-electron chi connectivity index (χ4n) is 4.41. The number of hydroxylamine groups is 6. The fourth-order valence-corrected chi connectivity index (χ4v) is 5.07. The Labute approximate surface area is 313 Å². The summed E-state index contributed by atoms with van der Waals surface area (Å²) in [6.45, 7) is 2.87. The number of amides is 7. The van der Waals surface area contributed by atoms with E-state index in [-0.39, 0.29) is 63.2 Å². The monoisotopic (exact) mass is 768 g/mol. The van der Waals surface area contributed by atoms with Crippen LogP contribution in [-0.4, -0.2) is 111 Å². The van der Waals surface area contributed by atoms with Crippen LogP contribution in [0, 0.1) is 0 Å². The highest BCUT2D eigenvalue weighted by atomic mass is 32.2. The number of benzene rings is 1. The molecule has 0 saturated heterocycles. The van der Waals surface area contributed by atoms with E-state index in [1.54, 1.807) is 24.3 Å². The Morgan fingerprint density at radius 3 is 1.54 bits per heavy atom. The summed E-state index contributed by atoms with van der Waals surface area (Å²) in [6, 6.07) is 6.76. The molecule has 0 saturated carbocycles. The number of aliphatic imine (C=N–C) groups is 1. The maximum Gasteiger partial charge on any atom is 0.325 e. The van der Waals surface area contributed by atoms with E-state index in [0.29, 0.717) is 98.3 Å². The van der Waals surface area contributed by atoms with Crippen molar-refractivity contribution in [2.45, 2.75) is 95.3 Å². The Bertz CT molecular complexity index is 1320. The molecule has 0 fully saturated rings. The first kappa shape index (κ1) is 45.9. The van der Waals surface area contributed by atoms with Crippen molar-refractivity contribution < 1.29 is 44.4 Å².